The summed E-state index contributed by atoms with van der Waals surface area (Å²) >= 11 is 0. The van der Waals surface area contributed by atoms with Gasteiger partial charge in [-0.25, -0.2) is 0 Å². The third-order valence-corrected chi connectivity index (χ3v) is 6.87. The van der Waals surface area contributed by atoms with Gasteiger partial charge in [0.25, 0.3) is 0 Å². The SMILES string of the molecule is CC(=O)OC[C@H]1O[C@@H](OC[C@H]2OC(O)[C@H](OC(C)=O)[C@@H](OC(C)=O)[C@H]2OC(C)=O)[C@H](OCc2ccccc2)[C@@H](OC(C)=O)[C@H]1OC(C)=O. The normalized spacial score (nSPS) is 29.9. The molecule has 0 amide bonds. The van der Waals surface area contributed by atoms with Crippen molar-refractivity contribution >= 4 is 35.8 Å². The lowest BCUT2D eigenvalue weighted by Gasteiger charge is -2.46. The van der Waals surface area contributed by atoms with E-state index in [1.165, 1.54) is 0 Å². The van der Waals surface area contributed by atoms with Crippen LogP contribution >= 0.6 is 0 Å². The van der Waals surface area contributed by atoms with E-state index in [0.717, 1.165) is 41.5 Å². The molecule has 0 bridgehead atoms. The zero-order valence-electron chi connectivity index (χ0n) is 27.3. The average Bonchev–Trinajstić information content (AvgIpc) is 2.98. The van der Waals surface area contributed by atoms with E-state index >= 15 is 0 Å². The first kappa shape index (κ1) is 38.3. The summed E-state index contributed by atoms with van der Waals surface area (Å²) in [6, 6.07) is 8.87. The van der Waals surface area contributed by atoms with E-state index in [4.69, 9.17) is 47.4 Å². The quantitative estimate of drug-likeness (QED) is 0.218. The fraction of sp³-hybridized carbons (Fsp3) is 0.613. The van der Waals surface area contributed by atoms with E-state index in [0.29, 0.717) is 5.56 Å². The summed E-state index contributed by atoms with van der Waals surface area (Å²) < 4.78 is 55.9. The maximum absolute atomic E-state index is 12.3. The van der Waals surface area contributed by atoms with Gasteiger partial charge < -0.3 is 52.5 Å². The fourth-order valence-electron chi connectivity index (χ4n) is 5.14. The minimum Gasteiger partial charge on any atom is -0.463 e. The minimum absolute atomic E-state index is 0.0544. The van der Waals surface area contributed by atoms with Crippen LogP contribution in [0.15, 0.2) is 30.3 Å². The van der Waals surface area contributed by atoms with Gasteiger partial charge in [0.15, 0.2) is 43.1 Å². The Hall–Kier alpha value is -4.16. The Kier molecular flexibility index (Phi) is 14.2. The predicted octanol–water partition coefficient (Wildman–Crippen LogP) is 0.252. The third-order valence-electron chi connectivity index (χ3n) is 6.87. The largest absolute Gasteiger partial charge is 0.463 e. The number of carbonyl (C=O) groups is 6. The van der Waals surface area contributed by atoms with Crippen molar-refractivity contribution in [3.8, 4) is 0 Å². The lowest BCUT2D eigenvalue weighted by Crippen LogP contribution is -2.64. The molecule has 2 heterocycles. The van der Waals surface area contributed by atoms with Gasteiger partial charge in [-0.2, -0.15) is 0 Å². The number of hydrogen-bond acceptors (Lipinski definition) is 17. The van der Waals surface area contributed by atoms with Crippen molar-refractivity contribution in [1.82, 2.24) is 0 Å². The molecular formula is C31H40O17. The minimum atomic E-state index is -1.87. The van der Waals surface area contributed by atoms with Gasteiger partial charge in [0, 0.05) is 41.5 Å². The molecule has 1 aromatic rings. The molecule has 2 aliphatic heterocycles. The maximum atomic E-state index is 12.3. The standard InChI is InChI=1S/C31H40O17/c1-15(32)39-13-23-25(43-17(3)34)27(45-19(5)36)29(40-12-21-10-8-7-9-11-21)31(48-23)41-14-22-24(42-16(2)33)26(44-18(4)35)28(30(38)47-22)46-20(6)37/h7-11,22-31,38H,12-14H2,1-6H3/t22-,23-,24+,25+,26+,27+,28-,29-,30?,31-/m1/s1. The number of carbonyl (C=O) groups excluding carboxylic acids is 6. The Morgan fingerprint density at radius 3 is 1.52 bits per heavy atom. The lowest BCUT2D eigenvalue weighted by atomic mass is 9.97. The van der Waals surface area contributed by atoms with Crippen LogP contribution in [0, 0.1) is 0 Å². The van der Waals surface area contributed by atoms with E-state index in [1.807, 2.05) is 0 Å². The maximum Gasteiger partial charge on any atom is 0.303 e. The Morgan fingerprint density at radius 2 is 1.02 bits per heavy atom. The molecule has 1 unspecified atom stereocenters. The molecule has 0 saturated carbocycles. The van der Waals surface area contributed by atoms with Gasteiger partial charge in [-0.15, -0.1) is 0 Å². The van der Waals surface area contributed by atoms with Crippen molar-refractivity contribution in [2.75, 3.05) is 13.2 Å². The number of aliphatic hydroxyl groups excluding tert-OH is 1. The Labute approximate surface area is 275 Å². The van der Waals surface area contributed by atoms with Crippen molar-refractivity contribution in [3.05, 3.63) is 35.9 Å². The highest BCUT2D eigenvalue weighted by molar-refractivity contribution is 5.69. The number of rotatable bonds is 13. The molecule has 0 aliphatic carbocycles. The Morgan fingerprint density at radius 1 is 0.562 bits per heavy atom. The van der Waals surface area contributed by atoms with Gasteiger partial charge in [0.05, 0.1) is 13.2 Å². The highest BCUT2D eigenvalue weighted by Gasteiger charge is 2.54. The van der Waals surface area contributed by atoms with Crippen LogP contribution in [0.2, 0.25) is 0 Å². The predicted molar refractivity (Wildman–Crippen MR) is 155 cm³/mol. The first-order valence-corrected chi connectivity index (χ1v) is 14.9. The van der Waals surface area contributed by atoms with Crippen LogP contribution in [0.5, 0.6) is 0 Å². The average molecular weight is 685 g/mol. The molecule has 0 aromatic heterocycles. The van der Waals surface area contributed by atoms with Crippen LogP contribution in [-0.2, 0) is 82.7 Å². The number of esters is 6. The lowest BCUT2D eigenvalue weighted by molar-refractivity contribution is -0.334. The van der Waals surface area contributed by atoms with Crippen molar-refractivity contribution < 1.29 is 81.2 Å². The van der Waals surface area contributed by atoms with Crippen LogP contribution in [-0.4, -0.2) is 116 Å². The molecule has 0 spiro atoms. The molecule has 2 saturated heterocycles. The smallest absolute Gasteiger partial charge is 0.303 e. The second kappa shape index (κ2) is 17.8. The van der Waals surface area contributed by atoms with Crippen LogP contribution in [0.4, 0.5) is 0 Å². The summed E-state index contributed by atoms with van der Waals surface area (Å²) in [5.74, 6) is -4.74. The second-order valence-electron chi connectivity index (χ2n) is 10.9. The van der Waals surface area contributed by atoms with Crippen LogP contribution in [0.1, 0.15) is 47.1 Å². The van der Waals surface area contributed by atoms with Crippen molar-refractivity contribution in [2.24, 2.45) is 0 Å². The van der Waals surface area contributed by atoms with Crippen molar-refractivity contribution in [1.29, 1.82) is 0 Å². The van der Waals surface area contributed by atoms with Gasteiger partial charge in [-0.1, -0.05) is 30.3 Å². The van der Waals surface area contributed by atoms with Gasteiger partial charge in [0.1, 0.15) is 24.9 Å². The van der Waals surface area contributed by atoms with Gasteiger partial charge in [-0.05, 0) is 5.56 Å². The third kappa shape index (κ3) is 11.2. The zero-order valence-corrected chi connectivity index (χ0v) is 27.3. The molecule has 3 rings (SSSR count). The highest BCUT2D eigenvalue weighted by Crippen LogP contribution is 2.33. The number of hydrogen-bond donors (Lipinski definition) is 1. The molecule has 17 heteroatoms. The molecular weight excluding hydrogens is 644 g/mol. The molecule has 1 aromatic carbocycles. The van der Waals surface area contributed by atoms with Crippen LogP contribution in [0.3, 0.4) is 0 Å². The highest BCUT2D eigenvalue weighted by atomic mass is 16.7. The molecule has 2 fully saturated rings. The van der Waals surface area contributed by atoms with Crippen LogP contribution < -0.4 is 0 Å². The number of ether oxygens (including phenoxy) is 10. The summed E-state index contributed by atoms with van der Waals surface area (Å²) in [5, 5.41) is 10.7. The van der Waals surface area contributed by atoms with Crippen LogP contribution in [0.25, 0.3) is 0 Å². The first-order valence-electron chi connectivity index (χ1n) is 14.9. The fourth-order valence-corrected chi connectivity index (χ4v) is 5.14. The van der Waals surface area contributed by atoms with Gasteiger partial charge >= 0.3 is 35.8 Å². The summed E-state index contributed by atoms with van der Waals surface area (Å²) in [7, 11) is 0. The first-order chi connectivity index (χ1) is 22.7. The van der Waals surface area contributed by atoms with Gasteiger partial charge in [0.2, 0.25) is 0 Å². The Balaban J connectivity index is 1.99. The zero-order chi connectivity index (χ0) is 35.5. The van der Waals surface area contributed by atoms with E-state index < -0.39 is 110 Å². The molecule has 266 valence electrons. The molecule has 17 nitrogen and oxygen atoms in total. The summed E-state index contributed by atoms with van der Waals surface area (Å²) in [5.41, 5.74) is 0.707. The second-order valence-corrected chi connectivity index (χ2v) is 10.9. The molecule has 0 radical (unpaired) electrons. The molecule has 2 aliphatic rings. The molecule has 10 atom stereocenters. The van der Waals surface area contributed by atoms with E-state index in [9.17, 15) is 33.9 Å². The van der Waals surface area contributed by atoms with Gasteiger partial charge in [-0.3, -0.25) is 28.8 Å². The Bertz CT molecular complexity index is 1280. The topological polar surface area (TPSA) is 215 Å². The monoisotopic (exact) mass is 684 g/mol. The molecule has 1 N–H and O–H groups in total. The van der Waals surface area contributed by atoms with E-state index in [2.05, 4.69) is 0 Å². The summed E-state index contributed by atoms with van der Waals surface area (Å²) in [4.78, 5) is 72.0. The number of aliphatic hydroxyl groups is 1. The summed E-state index contributed by atoms with van der Waals surface area (Å²) in [6.45, 7) is 5.53. The summed E-state index contributed by atoms with van der Waals surface area (Å²) in [6.07, 6.45) is -14.5. The number of benzene rings is 1. The van der Waals surface area contributed by atoms with E-state index in [1.54, 1.807) is 30.3 Å². The van der Waals surface area contributed by atoms with Crippen molar-refractivity contribution in [2.45, 2.75) is 110 Å². The molecule has 48 heavy (non-hydrogen) atoms. The van der Waals surface area contributed by atoms with E-state index in [-0.39, 0.29) is 6.61 Å². The van der Waals surface area contributed by atoms with Crippen molar-refractivity contribution in [3.63, 3.8) is 0 Å².